The largest absolute Gasteiger partial charge is 0.338 e. The summed E-state index contributed by atoms with van der Waals surface area (Å²) in [6.45, 7) is 9.20. The lowest BCUT2D eigenvalue weighted by molar-refractivity contribution is -0.146. The zero-order valence-corrected chi connectivity index (χ0v) is 13.4. The molecule has 0 aliphatic carbocycles. The lowest BCUT2D eigenvalue weighted by atomic mass is 10.0. The quantitative estimate of drug-likeness (QED) is 0.842. The molecule has 5 nitrogen and oxygen atoms in total. The van der Waals surface area contributed by atoms with Crippen LogP contribution in [0.15, 0.2) is 0 Å². The van der Waals surface area contributed by atoms with Gasteiger partial charge in [0, 0.05) is 38.6 Å². The van der Waals surface area contributed by atoms with Gasteiger partial charge in [0.15, 0.2) is 0 Å². The Morgan fingerprint density at radius 2 is 2.05 bits per heavy atom. The Balaban J connectivity index is 0.00000200. The first-order valence-corrected chi connectivity index (χ1v) is 7.32. The normalized spacial score (nSPS) is 24.8. The van der Waals surface area contributed by atoms with Gasteiger partial charge in [0.1, 0.15) is 6.04 Å². The summed E-state index contributed by atoms with van der Waals surface area (Å²) in [6, 6.07) is 0.0556. The van der Waals surface area contributed by atoms with E-state index in [0.717, 1.165) is 32.6 Å². The van der Waals surface area contributed by atoms with Gasteiger partial charge in [0.2, 0.25) is 11.8 Å². The van der Waals surface area contributed by atoms with Crippen molar-refractivity contribution in [3.63, 3.8) is 0 Å². The molecule has 116 valence electrons. The molecule has 2 aliphatic heterocycles. The van der Waals surface area contributed by atoms with Crippen LogP contribution in [0.2, 0.25) is 0 Å². The van der Waals surface area contributed by atoms with E-state index in [1.54, 1.807) is 4.90 Å². The van der Waals surface area contributed by atoms with Crippen LogP contribution >= 0.6 is 12.4 Å². The van der Waals surface area contributed by atoms with E-state index in [1.807, 2.05) is 18.7 Å². The van der Waals surface area contributed by atoms with Gasteiger partial charge in [-0.1, -0.05) is 13.8 Å². The molecule has 0 saturated carbocycles. The van der Waals surface area contributed by atoms with E-state index in [-0.39, 0.29) is 36.2 Å². The summed E-state index contributed by atoms with van der Waals surface area (Å²) in [6.07, 6.45) is 1.47. The second-order valence-corrected chi connectivity index (χ2v) is 6.02. The Hall–Kier alpha value is -0.810. The number of carbonyl (C=O) groups is 2. The second-order valence-electron chi connectivity index (χ2n) is 6.02. The summed E-state index contributed by atoms with van der Waals surface area (Å²) in [4.78, 5) is 28.3. The number of carbonyl (C=O) groups excluding carboxylic acids is 2. The number of halogens is 1. The molecule has 1 N–H and O–H groups in total. The fraction of sp³-hybridized carbons (Fsp3) is 0.857. The smallest absolute Gasteiger partial charge is 0.245 e. The molecule has 2 fully saturated rings. The third-order valence-electron chi connectivity index (χ3n) is 4.01. The van der Waals surface area contributed by atoms with E-state index in [1.165, 1.54) is 0 Å². The van der Waals surface area contributed by atoms with Crippen molar-refractivity contribution < 1.29 is 9.59 Å². The number of amides is 2. The average molecular weight is 304 g/mol. The highest BCUT2D eigenvalue weighted by Crippen LogP contribution is 2.21. The van der Waals surface area contributed by atoms with Crippen molar-refractivity contribution in [2.45, 2.75) is 45.7 Å². The van der Waals surface area contributed by atoms with Crippen LogP contribution in [0.4, 0.5) is 0 Å². The van der Waals surface area contributed by atoms with Gasteiger partial charge >= 0.3 is 0 Å². The molecule has 0 aromatic heterocycles. The van der Waals surface area contributed by atoms with Gasteiger partial charge in [-0.3, -0.25) is 9.59 Å². The number of nitrogens with one attached hydrogen (secondary N) is 1. The Labute approximate surface area is 127 Å². The first kappa shape index (κ1) is 17.2. The van der Waals surface area contributed by atoms with Gasteiger partial charge in [-0.2, -0.15) is 0 Å². The van der Waals surface area contributed by atoms with Gasteiger partial charge in [-0.05, 0) is 19.3 Å². The number of hydrogen-bond acceptors (Lipinski definition) is 3. The molecule has 2 aliphatic rings. The standard InChI is InChI=1S/C14H25N3O2.ClH/c1-10(2)13(17-7-4-5-12(17)18)14(19)16-8-6-15-11(3)9-16;/h10-11,13,15H,4-9H2,1-3H3;1H. The van der Waals surface area contributed by atoms with E-state index >= 15 is 0 Å². The third kappa shape index (κ3) is 3.64. The maximum absolute atomic E-state index is 12.7. The van der Waals surface area contributed by atoms with Gasteiger partial charge in [-0.25, -0.2) is 0 Å². The predicted octanol–water partition coefficient (Wildman–Crippen LogP) is 0.876. The second kappa shape index (κ2) is 7.27. The Morgan fingerprint density at radius 3 is 2.55 bits per heavy atom. The molecular weight excluding hydrogens is 278 g/mol. The molecule has 0 spiro atoms. The van der Waals surface area contributed by atoms with Gasteiger partial charge in [-0.15, -0.1) is 12.4 Å². The van der Waals surface area contributed by atoms with Crippen molar-refractivity contribution in [2.75, 3.05) is 26.2 Å². The molecular formula is C14H26ClN3O2. The Morgan fingerprint density at radius 1 is 1.35 bits per heavy atom. The highest BCUT2D eigenvalue weighted by molar-refractivity contribution is 5.89. The van der Waals surface area contributed by atoms with Crippen LogP contribution in [0.25, 0.3) is 0 Å². The molecule has 2 heterocycles. The maximum atomic E-state index is 12.7. The minimum absolute atomic E-state index is 0. The van der Waals surface area contributed by atoms with Crippen LogP contribution in [0.3, 0.4) is 0 Å². The highest BCUT2D eigenvalue weighted by atomic mass is 35.5. The molecule has 2 rings (SSSR count). The zero-order chi connectivity index (χ0) is 14.0. The summed E-state index contributed by atoms with van der Waals surface area (Å²) < 4.78 is 0. The summed E-state index contributed by atoms with van der Waals surface area (Å²) in [5.41, 5.74) is 0. The molecule has 0 radical (unpaired) electrons. The number of rotatable bonds is 3. The van der Waals surface area contributed by atoms with Gasteiger partial charge in [0.25, 0.3) is 0 Å². The van der Waals surface area contributed by atoms with Crippen molar-refractivity contribution in [2.24, 2.45) is 5.92 Å². The van der Waals surface area contributed by atoms with Crippen molar-refractivity contribution in [1.29, 1.82) is 0 Å². The van der Waals surface area contributed by atoms with Crippen molar-refractivity contribution in [1.82, 2.24) is 15.1 Å². The first-order valence-electron chi connectivity index (χ1n) is 7.32. The SMILES string of the molecule is CC1CN(C(=O)C(C(C)C)N2CCCC2=O)CCN1.Cl. The van der Waals surface area contributed by atoms with Crippen LogP contribution in [-0.4, -0.2) is 59.9 Å². The van der Waals surface area contributed by atoms with Crippen LogP contribution < -0.4 is 5.32 Å². The number of piperazine rings is 1. The first-order chi connectivity index (χ1) is 9.00. The summed E-state index contributed by atoms with van der Waals surface area (Å²) in [7, 11) is 0. The van der Waals surface area contributed by atoms with E-state index < -0.39 is 0 Å². The third-order valence-corrected chi connectivity index (χ3v) is 4.01. The van der Waals surface area contributed by atoms with Crippen LogP contribution in [-0.2, 0) is 9.59 Å². The average Bonchev–Trinajstić information content (AvgIpc) is 2.75. The van der Waals surface area contributed by atoms with E-state index in [4.69, 9.17) is 0 Å². The summed E-state index contributed by atoms with van der Waals surface area (Å²) in [5, 5.41) is 3.34. The van der Waals surface area contributed by atoms with Crippen LogP contribution in [0.5, 0.6) is 0 Å². The van der Waals surface area contributed by atoms with Crippen molar-refractivity contribution >= 4 is 24.2 Å². The number of hydrogen-bond donors (Lipinski definition) is 1. The van der Waals surface area contributed by atoms with Gasteiger partial charge < -0.3 is 15.1 Å². The van der Waals surface area contributed by atoms with Crippen LogP contribution in [0, 0.1) is 5.92 Å². The molecule has 2 atom stereocenters. The maximum Gasteiger partial charge on any atom is 0.245 e. The van der Waals surface area contributed by atoms with Crippen LogP contribution in [0.1, 0.15) is 33.6 Å². The predicted molar refractivity (Wildman–Crippen MR) is 80.9 cm³/mol. The van der Waals surface area contributed by atoms with Crippen molar-refractivity contribution in [3.8, 4) is 0 Å². The highest BCUT2D eigenvalue weighted by Gasteiger charge is 2.37. The Bertz CT molecular complexity index is 362. The summed E-state index contributed by atoms with van der Waals surface area (Å²) in [5.74, 6) is 0.425. The molecule has 2 amide bonds. The van der Waals surface area contributed by atoms with Gasteiger partial charge in [0.05, 0.1) is 0 Å². The van der Waals surface area contributed by atoms with E-state index in [0.29, 0.717) is 12.5 Å². The Kier molecular flexibility index (Phi) is 6.27. The lowest BCUT2D eigenvalue weighted by Crippen LogP contribution is -2.58. The minimum atomic E-state index is -0.278. The monoisotopic (exact) mass is 303 g/mol. The summed E-state index contributed by atoms with van der Waals surface area (Å²) >= 11 is 0. The molecule has 20 heavy (non-hydrogen) atoms. The molecule has 2 saturated heterocycles. The molecule has 0 aromatic carbocycles. The number of nitrogens with zero attached hydrogens (tertiary/aromatic N) is 2. The fourth-order valence-corrected chi connectivity index (χ4v) is 3.06. The fourth-order valence-electron chi connectivity index (χ4n) is 3.06. The van der Waals surface area contributed by atoms with E-state index in [9.17, 15) is 9.59 Å². The molecule has 0 aromatic rings. The molecule has 0 bridgehead atoms. The van der Waals surface area contributed by atoms with Crippen molar-refractivity contribution in [3.05, 3.63) is 0 Å². The van der Waals surface area contributed by atoms with E-state index in [2.05, 4.69) is 12.2 Å². The lowest BCUT2D eigenvalue weighted by Gasteiger charge is -2.38. The number of likely N-dealkylation sites (tertiary alicyclic amines) is 1. The minimum Gasteiger partial charge on any atom is -0.338 e. The zero-order valence-electron chi connectivity index (χ0n) is 12.6. The molecule has 6 heteroatoms. The topological polar surface area (TPSA) is 52.7 Å². The molecule has 2 unspecified atom stereocenters.